The summed E-state index contributed by atoms with van der Waals surface area (Å²) in [6, 6.07) is 6.88. The van der Waals surface area contributed by atoms with Gasteiger partial charge in [0, 0.05) is 0 Å². The summed E-state index contributed by atoms with van der Waals surface area (Å²) in [6.45, 7) is 0. The van der Waals surface area contributed by atoms with E-state index in [4.69, 9.17) is 5.26 Å². The number of hydrogen-bond acceptors (Lipinski definition) is 3. The summed E-state index contributed by atoms with van der Waals surface area (Å²) in [7, 11) is 0. The van der Waals surface area contributed by atoms with Gasteiger partial charge in [-0.15, -0.1) is 0 Å². The SMILES string of the molecule is N#Cc1cc(C=CCCS)ccc1O. The van der Waals surface area contributed by atoms with E-state index in [1.54, 1.807) is 12.1 Å². The van der Waals surface area contributed by atoms with Crippen molar-refractivity contribution in [2.45, 2.75) is 6.42 Å². The zero-order valence-electron chi connectivity index (χ0n) is 7.64. The second-order valence-corrected chi connectivity index (χ2v) is 3.25. The Labute approximate surface area is 88.9 Å². The van der Waals surface area contributed by atoms with Crippen LogP contribution in [0.3, 0.4) is 0 Å². The van der Waals surface area contributed by atoms with E-state index in [0.29, 0.717) is 5.56 Å². The minimum absolute atomic E-state index is 0.0267. The maximum atomic E-state index is 9.25. The van der Waals surface area contributed by atoms with E-state index in [2.05, 4.69) is 12.6 Å². The first kappa shape index (κ1) is 10.7. The third kappa shape index (κ3) is 2.82. The average molecular weight is 205 g/mol. The molecule has 0 saturated carbocycles. The van der Waals surface area contributed by atoms with Gasteiger partial charge in [-0.25, -0.2) is 0 Å². The van der Waals surface area contributed by atoms with Gasteiger partial charge in [0.2, 0.25) is 0 Å². The lowest BCUT2D eigenvalue weighted by molar-refractivity contribution is 0.473. The molecule has 1 rings (SSSR count). The van der Waals surface area contributed by atoms with Crippen LogP contribution in [0.2, 0.25) is 0 Å². The summed E-state index contributed by atoms with van der Waals surface area (Å²) in [5.41, 5.74) is 1.22. The van der Waals surface area contributed by atoms with Crippen LogP contribution in [0, 0.1) is 11.3 Å². The molecule has 72 valence electrons. The van der Waals surface area contributed by atoms with Gasteiger partial charge in [0.15, 0.2) is 0 Å². The first-order chi connectivity index (χ1) is 6.77. The van der Waals surface area contributed by atoms with Crippen LogP contribution >= 0.6 is 12.6 Å². The van der Waals surface area contributed by atoms with Gasteiger partial charge in [0.25, 0.3) is 0 Å². The van der Waals surface area contributed by atoms with Crippen molar-refractivity contribution in [2.75, 3.05) is 5.75 Å². The van der Waals surface area contributed by atoms with Crippen molar-refractivity contribution in [2.24, 2.45) is 0 Å². The van der Waals surface area contributed by atoms with Crippen molar-refractivity contribution in [3.63, 3.8) is 0 Å². The van der Waals surface area contributed by atoms with Crippen molar-refractivity contribution in [3.8, 4) is 11.8 Å². The number of phenolic OH excluding ortho intramolecular Hbond substituents is 1. The van der Waals surface area contributed by atoms with Crippen molar-refractivity contribution in [1.82, 2.24) is 0 Å². The van der Waals surface area contributed by atoms with E-state index in [1.807, 2.05) is 18.2 Å². The molecule has 2 nitrogen and oxygen atoms in total. The third-order valence-electron chi connectivity index (χ3n) is 1.75. The van der Waals surface area contributed by atoms with E-state index in [-0.39, 0.29) is 5.75 Å². The van der Waals surface area contributed by atoms with Gasteiger partial charge in [-0.1, -0.05) is 18.2 Å². The lowest BCUT2D eigenvalue weighted by Crippen LogP contribution is -1.79. The van der Waals surface area contributed by atoms with Crippen LogP contribution in [0.25, 0.3) is 6.08 Å². The third-order valence-corrected chi connectivity index (χ3v) is 2.01. The van der Waals surface area contributed by atoms with Crippen molar-refractivity contribution in [1.29, 1.82) is 5.26 Å². The van der Waals surface area contributed by atoms with E-state index in [0.717, 1.165) is 17.7 Å². The summed E-state index contributed by atoms with van der Waals surface area (Å²) in [5.74, 6) is 0.832. The Bertz CT molecular complexity index is 379. The zero-order chi connectivity index (χ0) is 10.4. The summed E-state index contributed by atoms with van der Waals surface area (Å²) >= 11 is 4.08. The molecule has 0 aliphatic carbocycles. The lowest BCUT2D eigenvalue weighted by Gasteiger charge is -1.97. The molecule has 0 bridgehead atoms. The molecule has 0 aliphatic rings. The maximum absolute atomic E-state index is 9.25. The minimum Gasteiger partial charge on any atom is -0.507 e. The molecule has 0 unspecified atom stereocenters. The van der Waals surface area contributed by atoms with Crippen LogP contribution in [0.4, 0.5) is 0 Å². The van der Waals surface area contributed by atoms with Gasteiger partial charge in [0.1, 0.15) is 11.8 Å². The summed E-state index contributed by atoms with van der Waals surface area (Å²) in [5, 5.41) is 17.9. The Balaban J connectivity index is 2.86. The number of benzene rings is 1. The smallest absolute Gasteiger partial charge is 0.133 e. The Hall–Kier alpha value is -1.40. The van der Waals surface area contributed by atoms with Gasteiger partial charge in [-0.2, -0.15) is 17.9 Å². The predicted octanol–water partition coefficient (Wildman–Crippen LogP) is 2.60. The molecule has 0 atom stereocenters. The molecular weight excluding hydrogens is 194 g/mol. The van der Waals surface area contributed by atoms with Crippen molar-refractivity contribution < 1.29 is 5.11 Å². The largest absolute Gasteiger partial charge is 0.507 e. The van der Waals surface area contributed by atoms with Crippen LogP contribution < -0.4 is 0 Å². The summed E-state index contributed by atoms with van der Waals surface area (Å²) < 4.78 is 0. The normalized spacial score (nSPS) is 10.3. The quantitative estimate of drug-likeness (QED) is 0.745. The van der Waals surface area contributed by atoms with Crippen LogP contribution in [0.15, 0.2) is 24.3 Å². The molecule has 0 aliphatic heterocycles. The van der Waals surface area contributed by atoms with Crippen molar-refractivity contribution in [3.05, 3.63) is 35.4 Å². The number of hydrogen-bond donors (Lipinski definition) is 2. The topological polar surface area (TPSA) is 44.0 Å². The molecule has 1 N–H and O–H groups in total. The van der Waals surface area contributed by atoms with Gasteiger partial charge in [-0.3, -0.25) is 0 Å². The van der Waals surface area contributed by atoms with Gasteiger partial charge in [-0.05, 0) is 29.9 Å². The molecule has 1 aromatic carbocycles. The number of allylic oxidation sites excluding steroid dienone is 1. The number of phenols is 1. The second-order valence-electron chi connectivity index (χ2n) is 2.80. The first-order valence-electron chi connectivity index (χ1n) is 4.28. The first-order valence-corrected chi connectivity index (χ1v) is 4.91. The maximum Gasteiger partial charge on any atom is 0.133 e. The van der Waals surface area contributed by atoms with Crippen LogP contribution in [-0.2, 0) is 0 Å². The highest BCUT2D eigenvalue weighted by atomic mass is 32.1. The monoisotopic (exact) mass is 205 g/mol. The van der Waals surface area contributed by atoms with Gasteiger partial charge in [0.05, 0.1) is 5.56 Å². The standard InChI is InChI=1S/C11H11NOS/c12-8-10-7-9(3-1-2-6-14)4-5-11(10)13/h1,3-5,7,13-14H,2,6H2. The second kappa shape index (κ2) is 5.36. The summed E-state index contributed by atoms with van der Waals surface area (Å²) in [4.78, 5) is 0. The fraction of sp³-hybridized carbons (Fsp3) is 0.182. The van der Waals surface area contributed by atoms with Crippen LogP contribution in [0.5, 0.6) is 5.75 Å². The molecule has 0 spiro atoms. The molecule has 1 aromatic rings. The molecule has 0 amide bonds. The molecule has 0 fully saturated rings. The Morgan fingerprint density at radius 1 is 1.50 bits per heavy atom. The fourth-order valence-corrected chi connectivity index (χ4v) is 1.19. The van der Waals surface area contributed by atoms with Crippen molar-refractivity contribution >= 4 is 18.7 Å². The average Bonchev–Trinajstić information content (AvgIpc) is 2.21. The fourth-order valence-electron chi connectivity index (χ4n) is 1.04. The molecule has 3 heteroatoms. The summed E-state index contributed by atoms with van der Waals surface area (Å²) in [6.07, 6.45) is 4.79. The number of rotatable bonds is 3. The lowest BCUT2D eigenvalue weighted by atomic mass is 10.1. The highest BCUT2D eigenvalue weighted by molar-refractivity contribution is 7.80. The predicted molar refractivity (Wildman–Crippen MR) is 60.3 cm³/mol. The zero-order valence-corrected chi connectivity index (χ0v) is 8.54. The van der Waals surface area contributed by atoms with Crippen LogP contribution in [-0.4, -0.2) is 10.9 Å². The molecule has 0 heterocycles. The minimum atomic E-state index is 0.0267. The highest BCUT2D eigenvalue weighted by Gasteiger charge is 1.98. The molecule has 0 radical (unpaired) electrons. The molecular formula is C11H11NOS. The van der Waals surface area contributed by atoms with E-state index in [1.165, 1.54) is 6.07 Å². The van der Waals surface area contributed by atoms with E-state index in [9.17, 15) is 5.11 Å². The number of aromatic hydroxyl groups is 1. The number of nitriles is 1. The van der Waals surface area contributed by atoms with Gasteiger partial charge < -0.3 is 5.11 Å². The van der Waals surface area contributed by atoms with Crippen LogP contribution in [0.1, 0.15) is 17.5 Å². The molecule has 0 saturated heterocycles. The van der Waals surface area contributed by atoms with E-state index >= 15 is 0 Å². The number of nitrogens with zero attached hydrogens (tertiary/aromatic N) is 1. The Morgan fingerprint density at radius 3 is 2.93 bits per heavy atom. The molecule has 0 aromatic heterocycles. The Morgan fingerprint density at radius 2 is 2.29 bits per heavy atom. The molecule has 14 heavy (non-hydrogen) atoms. The number of thiol groups is 1. The Kier molecular flexibility index (Phi) is 4.09. The van der Waals surface area contributed by atoms with E-state index < -0.39 is 0 Å². The highest BCUT2D eigenvalue weighted by Crippen LogP contribution is 2.18. The van der Waals surface area contributed by atoms with Gasteiger partial charge >= 0.3 is 0 Å².